The molecule has 0 radical (unpaired) electrons. The molecule has 0 amide bonds. The van der Waals surface area contributed by atoms with Gasteiger partial charge in [-0.2, -0.15) is 0 Å². The van der Waals surface area contributed by atoms with Crippen LogP contribution in [0.4, 0.5) is 0 Å². The molecule has 0 bridgehead atoms. The van der Waals surface area contributed by atoms with E-state index in [1.165, 1.54) is 19.5 Å². The Kier molecular flexibility index (Phi) is 3.65. The summed E-state index contributed by atoms with van der Waals surface area (Å²) in [4.78, 5) is 2.60. The highest BCUT2D eigenvalue weighted by molar-refractivity contribution is 4.87. The van der Waals surface area contributed by atoms with Gasteiger partial charge >= 0.3 is 0 Å². The predicted molar refractivity (Wildman–Crippen MR) is 62.0 cm³/mol. The van der Waals surface area contributed by atoms with Crippen LogP contribution in [0.5, 0.6) is 0 Å². The minimum absolute atomic E-state index is 0.636. The van der Waals surface area contributed by atoms with Gasteiger partial charge in [-0.25, -0.2) is 0 Å². The first-order valence-electron chi connectivity index (χ1n) is 6.23. The Balaban J connectivity index is 1.83. The van der Waals surface area contributed by atoms with E-state index in [1.807, 2.05) is 0 Å². The molecule has 2 atom stereocenters. The normalized spacial score (nSPS) is 32.6. The summed E-state index contributed by atoms with van der Waals surface area (Å²) in [7, 11) is 0. The maximum absolute atomic E-state index is 5.29. The van der Waals surface area contributed by atoms with Crippen molar-refractivity contribution in [1.82, 2.24) is 10.2 Å². The minimum atomic E-state index is 0.636. The SMILES string of the molecule is CC1CNC(CN(C(C)C)C2COC2)C1. The molecule has 0 spiro atoms. The quantitative estimate of drug-likeness (QED) is 0.755. The third-order valence-electron chi connectivity index (χ3n) is 3.63. The van der Waals surface area contributed by atoms with E-state index in [2.05, 4.69) is 31.0 Å². The van der Waals surface area contributed by atoms with Crippen molar-refractivity contribution in [2.75, 3.05) is 26.3 Å². The highest BCUT2D eigenvalue weighted by Crippen LogP contribution is 2.19. The number of hydrogen-bond acceptors (Lipinski definition) is 3. The zero-order chi connectivity index (χ0) is 10.8. The molecule has 15 heavy (non-hydrogen) atoms. The van der Waals surface area contributed by atoms with E-state index in [-0.39, 0.29) is 0 Å². The molecular weight excluding hydrogens is 188 g/mol. The smallest absolute Gasteiger partial charge is 0.0645 e. The van der Waals surface area contributed by atoms with Crippen molar-refractivity contribution in [2.45, 2.75) is 45.3 Å². The molecular formula is C12H24N2O. The van der Waals surface area contributed by atoms with Gasteiger partial charge in [0.05, 0.1) is 19.3 Å². The van der Waals surface area contributed by atoms with Gasteiger partial charge in [-0.05, 0) is 32.7 Å². The van der Waals surface area contributed by atoms with Crippen molar-refractivity contribution in [3.8, 4) is 0 Å². The van der Waals surface area contributed by atoms with Gasteiger partial charge in [-0.1, -0.05) is 6.92 Å². The van der Waals surface area contributed by atoms with Crippen molar-refractivity contribution in [3.05, 3.63) is 0 Å². The topological polar surface area (TPSA) is 24.5 Å². The Morgan fingerprint density at radius 3 is 2.53 bits per heavy atom. The van der Waals surface area contributed by atoms with Gasteiger partial charge in [0, 0.05) is 18.6 Å². The third-order valence-corrected chi connectivity index (χ3v) is 3.63. The zero-order valence-corrected chi connectivity index (χ0v) is 10.2. The Bertz CT molecular complexity index is 204. The molecule has 0 aromatic rings. The van der Waals surface area contributed by atoms with Crippen molar-refractivity contribution < 1.29 is 4.74 Å². The van der Waals surface area contributed by atoms with Crippen molar-refractivity contribution in [2.24, 2.45) is 5.92 Å². The number of nitrogens with one attached hydrogen (secondary N) is 1. The molecule has 0 aromatic heterocycles. The molecule has 2 aliphatic rings. The van der Waals surface area contributed by atoms with Crippen molar-refractivity contribution in [3.63, 3.8) is 0 Å². The lowest BCUT2D eigenvalue weighted by Crippen LogP contribution is -2.55. The third kappa shape index (κ3) is 2.71. The number of rotatable bonds is 4. The van der Waals surface area contributed by atoms with Gasteiger partial charge in [-0.3, -0.25) is 4.90 Å². The molecule has 0 saturated carbocycles. The monoisotopic (exact) mass is 212 g/mol. The fourth-order valence-electron chi connectivity index (χ4n) is 2.61. The molecule has 2 unspecified atom stereocenters. The average Bonchev–Trinajstić information content (AvgIpc) is 2.47. The standard InChI is InChI=1S/C12H24N2O/c1-9(2)14(12-7-15-8-12)6-11-4-10(3)5-13-11/h9-13H,4-8H2,1-3H3. The second-order valence-electron chi connectivity index (χ2n) is 5.43. The highest BCUT2D eigenvalue weighted by atomic mass is 16.5. The Labute approximate surface area is 93.2 Å². The molecule has 2 saturated heterocycles. The van der Waals surface area contributed by atoms with Crippen LogP contribution in [0.3, 0.4) is 0 Å². The van der Waals surface area contributed by atoms with Gasteiger partial charge in [0.25, 0.3) is 0 Å². The Hall–Kier alpha value is -0.120. The first-order valence-corrected chi connectivity index (χ1v) is 6.23. The fourth-order valence-corrected chi connectivity index (χ4v) is 2.61. The van der Waals surface area contributed by atoms with Crippen LogP contribution in [0, 0.1) is 5.92 Å². The molecule has 2 fully saturated rings. The Morgan fingerprint density at radius 2 is 2.13 bits per heavy atom. The maximum Gasteiger partial charge on any atom is 0.0645 e. The van der Waals surface area contributed by atoms with Gasteiger partial charge in [0.2, 0.25) is 0 Å². The summed E-state index contributed by atoms with van der Waals surface area (Å²) in [6.45, 7) is 11.2. The molecule has 2 aliphatic heterocycles. The second-order valence-corrected chi connectivity index (χ2v) is 5.43. The van der Waals surface area contributed by atoms with Gasteiger partial charge in [-0.15, -0.1) is 0 Å². The van der Waals surface area contributed by atoms with E-state index in [0.717, 1.165) is 19.1 Å². The molecule has 1 N–H and O–H groups in total. The van der Waals surface area contributed by atoms with Crippen LogP contribution in [-0.2, 0) is 4.74 Å². The van der Waals surface area contributed by atoms with Gasteiger partial charge in [0.1, 0.15) is 0 Å². The molecule has 0 aromatic carbocycles. The van der Waals surface area contributed by atoms with Crippen LogP contribution < -0.4 is 5.32 Å². The molecule has 88 valence electrons. The van der Waals surface area contributed by atoms with E-state index in [0.29, 0.717) is 18.1 Å². The molecule has 0 aliphatic carbocycles. The number of nitrogens with zero attached hydrogens (tertiary/aromatic N) is 1. The van der Waals surface area contributed by atoms with E-state index in [1.54, 1.807) is 0 Å². The van der Waals surface area contributed by atoms with Crippen LogP contribution >= 0.6 is 0 Å². The van der Waals surface area contributed by atoms with E-state index < -0.39 is 0 Å². The maximum atomic E-state index is 5.29. The minimum Gasteiger partial charge on any atom is -0.378 e. The summed E-state index contributed by atoms with van der Waals surface area (Å²) in [5.74, 6) is 0.849. The fraction of sp³-hybridized carbons (Fsp3) is 1.00. The molecule has 3 nitrogen and oxygen atoms in total. The van der Waals surface area contributed by atoms with Crippen LogP contribution in [-0.4, -0.2) is 49.3 Å². The molecule has 3 heteroatoms. The average molecular weight is 212 g/mol. The van der Waals surface area contributed by atoms with Crippen LogP contribution in [0.25, 0.3) is 0 Å². The van der Waals surface area contributed by atoms with E-state index >= 15 is 0 Å². The van der Waals surface area contributed by atoms with Crippen molar-refractivity contribution >= 4 is 0 Å². The lowest BCUT2D eigenvalue weighted by atomic mass is 10.1. The van der Waals surface area contributed by atoms with E-state index in [9.17, 15) is 0 Å². The summed E-state index contributed by atoms with van der Waals surface area (Å²) in [5, 5.41) is 3.61. The van der Waals surface area contributed by atoms with Crippen LogP contribution in [0.1, 0.15) is 27.2 Å². The van der Waals surface area contributed by atoms with Gasteiger partial charge < -0.3 is 10.1 Å². The molecule has 2 rings (SSSR count). The lowest BCUT2D eigenvalue weighted by Gasteiger charge is -2.41. The summed E-state index contributed by atoms with van der Waals surface area (Å²) in [6, 6.07) is 2.00. The lowest BCUT2D eigenvalue weighted by molar-refractivity contribution is -0.0771. The second kappa shape index (κ2) is 4.81. The van der Waals surface area contributed by atoms with Crippen LogP contribution in [0.2, 0.25) is 0 Å². The van der Waals surface area contributed by atoms with Crippen molar-refractivity contribution in [1.29, 1.82) is 0 Å². The summed E-state index contributed by atoms with van der Waals surface area (Å²) in [5.41, 5.74) is 0. The number of ether oxygens (including phenoxy) is 1. The van der Waals surface area contributed by atoms with Gasteiger partial charge in [0.15, 0.2) is 0 Å². The first-order chi connectivity index (χ1) is 7.16. The van der Waals surface area contributed by atoms with E-state index in [4.69, 9.17) is 4.74 Å². The Morgan fingerprint density at radius 1 is 1.40 bits per heavy atom. The highest BCUT2D eigenvalue weighted by Gasteiger charge is 2.31. The number of hydrogen-bond donors (Lipinski definition) is 1. The molecule has 2 heterocycles. The zero-order valence-electron chi connectivity index (χ0n) is 10.2. The predicted octanol–water partition coefficient (Wildman–Crippen LogP) is 1.09. The van der Waals surface area contributed by atoms with Crippen LogP contribution in [0.15, 0.2) is 0 Å². The first kappa shape index (κ1) is 11.4. The largest absolute Gasteiger partial charge is 0.378 e. The summed E-state index contributed by atoms with van der Waals surface area (Å²) in [6.07, 6.45) is 1.33. The summed E-state index contributed by atoms with van der Waals surface area (Å²) >= 11 is 0. The summed E-state index contributed by atoms with van der Waals surface area (Å²) < 4.78 is 5.29.